The first-order valence-corrected chi connectivity index (χ1v) is 20.3. The van der Waals surface area contributed by atoms with Crippen molar-refractivity contribution in [2.75, 3.05) is 39.3 Å². The Labute approximate surface area is 350 Å². The Morgan fingerprint density at radius 2 is 1.02 bits per heavy atom. The van der Waals surface area contributed by atoms with Gasteiger partial charge < -0.3 is 9.47 Å². The fourth-order valence-electron chi connectivity index (χ4n) is 8.17. The minimum absolute atomic E-state index is 0.232. The quantitative estimate of drug-likeness (QED) is 0.137. The summed E-state index contributed by atoms with van der Waals surface area (Å²) >= 11 is 12.9. The maximum Gasteiger partial charge on any atom is 0.326 e. The highest BCUT2D eigenvalue weighted by molar-refractivity contribution is 6.31. The highest BCUT2D eigenvalue weighted by Crippen LogP contribution is 2.43. The van der Waals surface area contributed by atoms with Gasteiger partial charge in [-0.15, -0.1) is 0 Å². The van der Waals surface area contributed by atoms with Crippen LogP contribution in [0.2, 0.25) is 10.0 Å². The molecule has 0 bridgehead atoms. The van der Waals surface area contributed by atoms with Crippen LogP contribution < -0.4 is 9.47 Å². The molecule has 2 atom stereocenters. The Balaban J connectivity index is 1.27. The van der Waals surface area contributed by atoms with Gasteiger partial charge in [-0.1, -0.05) is 83.9 Å². The standard InChI is InChI=1S/C47H46Cl2N6O3/c1-35-27-41(48)17-19-43(35)57-46(39-15-9-21-50-29-39)33-52(31-37-11-5-3-6-12-37)23-25-54(46)45(56)55-26-24-53(32-38-13-7-4-8-14-38)34-47(55,40-16-10-22-51-30-40)58-44-20-18-42(49)28-36(44)2/h3-22,27-30H,23-26,31-34H2,1-2H3. The third-order valence-electron chi connectivity index (χ3n) is 11.0. The lowest BCUT2D eigenvalue weighted by atomic mass is 9.95. The van der Waals surface area contributed by atoms with Crippen LogP contribution in [0.5, 0.6) is 11.5 Å². The molecule has 2 aromatic heterocycles. The Morgan fingerprint density at radius 3 is 1.40 bits per heavy atom. The molecule has 0 spiro atoms. The maximum atomic E-state index is 16.1. The zero-order valence-electron chi connectivity index (χ0n) is 32.7. The number of aromatic nitrogens is 2. The monoisotopic (exact) mass is 812 g/mol. The second kappa shape index (κ2) is 17.2. The first kappa shape index (κ1) is 39.4. The van der Waals surface area contributed by atoms with E-state index in [4.69, 9.17) is 32.7 Å². The largest absolute Gasteiger partial charge is 0.462 e. The van der Waals surface area contributed by atoms with Crippen LogP contribution in [-0.4, -0.2) is 74.9 Å². The van der Waals surface area contributed by atoms with Crippen molar-refractivity contribution in [1.82, 2.24) is 29.6 Å². The number of halogens is 2. The van der Waals surface area contributed by atoms with Gasteiger partial charge in [0.25, 0.3) is 0 Å². The molecule has 2 aliphatic heterocycles. The number of benzene rings is 4. The third kappa shape index (κ3) is 8.26. The Morgan fingerprint density at radius 1 is 0.586 bits per heavy atom. The minimum atomic E-state index is -1.31. The van der Waals surface area contributed by atoms with Crippen molar-refractivity contribution in [1.29, 1.82) is 0 Å². The van der Waals surface area contributed by atoms with Gasteiger partial charge in [-0.05, 0) is 96.8 Å². The summed E-state index contributed by atoms with van der Waals surface area (Å²) in [5, 5.41) is 1.21. The molecule has 0 saturated carbocycles. The predicted octanol–water partition coefficient (Wildman–Crippen LogP) is 9.32. The maximum absolute atomic E-state index is 16.1. The van der Waals surface area contributed by atoms with Crippen LogP contribution in [0.1, 0.15) is 33.4 Å². The molecule has 8 rings (SSSR count). The zero-order chi connectivity index (χ0) is 40.1. The molecule has 296 valence electrons. The summed E-state index contributed by atoms with van der Waals surface area (Å²) in [4.78, 5) is 33.7. The second-order valence-corrected chi connectivity index (χ2v) is 15.9. The molecule has 4 heterocycles. The lowest BCUT2D eigenvalue weighted by Crippen LogP contribution is -2.71. The predicted molar refractivity (Wildman–Crippen MR) is 228 cm³/mol. The molecule has 11 heteroatoms. The van der Waals surface area contributed by atoms with Crippen LogP contribution >= 0.6 is 23.2 Å². The lowest BCUT2D eigenvalue weighted by Gasteiger charge is -2.55. The van der Waals surface area contributed by atoms with Crippen LogP contribution in [0.4, 0.5) is 4.79 Å². The number of piperazine rings is 2. The summed E-state index contributed by atoms with van der Waals surface area (Å²) in [6, 6.07) is 39.4. The number of nitrogens with zero attached hydrogens (tertiary/aromatic N) is 6. The number of ether oxygens (including phenoxy) is 2. The summed E-state index contributed by atoms with van der Waals surface area (Å²) < 4.78 is 14.6. The molecule has 58 heavy (non-hydrogen) atoms. The number of pyridine rings is 2. The number of aryl methyl sites for hydroxylation is 2. The van der Waals surface area contributed by atoms with Crippen molar-refractivity contribution in [3.8, 4) is 11.5 Å². The Kier molecular flexibility index (Phi) is 11.7. The highest BCUT2D eigenvalue weighted by Gasteiger charge is 2.55. The van der Waals surface area contributed by atoms with Crippen molar-refractivity contribution >= 4 is 29.2 Å². The van der Waals surface area contributed by atoms with Crippen molar-refractivity contribution in [3.63, 3.8) is 0 Å². The SMILES string of the molecule is Cc1cc(Cl)ccc1OC1(c2cccnc2)CN(Cc2ccccc2)CCN1C(=O)N1CCN(Cc2ccccc2)CC1(Oc1ccc(Cl)cc1C)c1cccnc1. The molecule has 4 aromatic carbocycles. The molecule has 0 aliphatic carbocycles. The van der Waals surface area contributed by atoms with E-state index in [1.165, 1.54) is 11.1 Å². The van der Waals surface area contributed by atoms with E-state index in [-0.39, 0.29) is 6.03 Å². The minimum Gasteiger partial charge on any atom is -0.462 e. The van der Waals surface area contributed by atoms with Crippen LogP contribution in [0.25, 0.3) is 0 Å². The number of hydrogen-bond donors (Lipinski definition) is 0. The molecular weight excluding hydrogens is 767 g/mol. The molecule has 2 aliphatic rings. The van der Waals surface area contributed by atoms with Crippen LogP contribution in [-0.2, 0) is 24.5 Å². The van der Waals surface area contributed by atoms with Gasteiger partial charge in [-0.25, -0.2) is 4.79 Å². The van der Waals surface area contributed by atoms with E-state index in [2.05, 4.69) is 68.3 Å². The van der Waals surface area contributed by atoms with Gasteiger partial charge in [-0.2, -0.15) is 0 Å². The zero-order valence-corrected chi connectivity index (χ0v) is 34.2. The van der Waals surface area contributed by atoms with Gasteiger partial charge in [0.1, 0.15) is 11.5 Å². The summed E-state index contributed by atoms with van der Waals surface area (Å²) in [7, 11) is 0. The van der Waals surface area contributed by atoms with E-state index in [0.717, 1.165) is 22.3 Å². The van der Waals surface area contributed by atoms with Crippen molar-refractivity contribution in [2.24, 2.45) is 0 Å². The molecule has 2 amide bonds. The van der Waals surface area contributed by atoms with Gasteiger partial charge >= 0.3 is 6.03 Å². The van der Waals surface area contributed by atoms with E-state index >= 15 is 4.79 Å². The Hall–Kier alpha value is -5.45. The number of urea groups is 1. The molecule has 0 radical (unpaired) electrons. The molecular formula is C47H46Cl2N6O3. The van der Waals surface area contributed by atoms with Crippen molar-refractivity contribution in [3.05, 3.63) is 190 Å². The second-order valence-electron chi connectivity index (χ2n) is 15.1. The van der Waals surface area contributed by atoms with E-state index in [9.17, 15) is 0 Å². The number of amides is 2. The lowest BCUT2D eigenvalue weighted by molar-refractivity contribution is -0.156. The first-order valence-electron chi connectivity index (χ1n) is 19.6. The summed E-state index contributed by atoms with van der Waals surface area (Å²) in [6.07, 6.45) is 7.08. The van der Waals surface area contributed by atoms with Crippen molar-refractivity contribution < 1.29 is 14.3 Å². The van der Waals surface area contributed by atoms with Crippen molar-refractivity contribution in [2.45, 2.75) is 38.4 Å². The molecule has 9 nitrogen and oxygen atoms in total. The number of rotatable bonds is 10. The van der Waals surface area contributed by atoms with Gasteiger partial charge in [0, 0.05) is 85.2 Å². The van der Waals surface area contributed by atoms with Gasteiger partial charge in [0.05, 0.1) is 13.1 Å². The summed E-state index contributed by atoms with van der Waals surface area (Å²) in [5.41, 5.74) is 2.92. The number of hydrogen-bond acceptors (Lipinski definition) is 7. The summed E-state index contributed by atoms with van der Waals surface area (Å²) in [5.74, 6) is 1.23. The third-order valence-corrected chi connectivity index (χ3v) is 11.5. The van der Waals surface area contributed by atoms with Gasteiger partial charge in [0.15, 0.2) is 0 Å². The molecule has 2 fully saturated rings. The van der Waals surface area contributed by atoms with E-state index in [1.54, 1.807) is 24.8 Å². The summed E-state index contributed by atoms with van der Waals surface area (Å²) in [6.45, 7) is 7.95. The fourth-order valence-corrected chi connectivity index (χ4v) is 8.62. The first-order chi connectivity index (χ1) is 28.2. The van der Waals surface area contributed by atoms with Crippen LogP contribution in [0.3, 0.4) is 0 Å². The Bertz CT molecular complexity index is 2160. The molecule has 6 aromatic rings. The number of carbonyl (C=O) groups excluding carboxylic acids is 1. The van der Waals surface area contributed by atoms with Gasteiger partial charge in [-0.3, -0.25) is 29.6 Å². The topological polar surface area (TPSA) is 74.3 Å². The van der Waals surface area contributed by atoms with E-state index < -0.39 is 11.4 Å². The molecule has 2 unspecified atom stereocenters. The van der Waals surface area contributed by atoms with E-state index in [0.29, 0.717) is 73.9 Å². The average Bonchev–Trinajstić information content (AvgIpc) is 3.24. The van der Waals surface area contributed by atoms with Crippen LogP contribution in [0.15, 0.2) is 146 Å². The molecule has 0 N–H and O–H groups in total. The fraction of sp³-hybridized carbons (Fsp3) is 0.255. The highest BCUT2D eigenvalue weighted by atomic mass is 35.5. The smallest absolute Gasteiger partial charge is 0.326 e. The molecule has 2 saturated heterocycles. The number of carbonyl (C=O) groups is 1. The van der Waals surface area contributed by atoms with E-state index in [1.807, 2.05) is 96.4 Å². The normalized spacial score (nSPS) is 20.1. The van der Waals surface area contributed by atoms with Gasteiger partial charge in [0.2, 0.25) is 11.4 Å². The van der Waals surface area contributed by atoms with Crippen LogP contribution in [0, 0.1) is 13.8 Å². The average molecular weight is 814 g/mol.